The molecule has 0 fully saturated rings. The summed E-state index contributed by atoms with van der Waals surface area (Å²) in [4.78, 5) is 0.184. The summed E-state index contributed by atoms with van der Waals surface area (Å²) in [5.74, 6) is 0. The minimum Gasteiger partial charge on any atom is -0.399 e. The number of aromatic nitrogens is 2. The lowest BCUT2D eigenvalue weighted by Gasteiger charge is -2.10. The van der Waals surface area contributed by atoms with Crippen LogP contribution in [0.2, 0.25) is 0 Å². The van der Waals surface area contributed by atoms with Gasteiger partial charge in [-0.2, -0.15) is 5.10 Å². The zero-order valence-electron chi connectivity index (χ0n) is 11.7. The predicted molar refractivity (Wildman–Crippen MR) is 79.0 cm³/mol. The van der Waals surface area contributed by atoms with Crippen LogP contribution < -0.4 is 10.5 Å². The molecule has 0 saturated heterocycles. The van der Waals surface area contributed by atoms with Gasteiger partial charge in [-0.15, -0.1) is 0 Å². The van der Waals surface area contributed by atoms with E-state index in [-0.39, 0.29) is 4.90 Å². The van der Waals surface area contributed by atoms with Gasteiger partial charge in [-0.3, -0.25) is 9.40 Å². The predicted octanol–water partition coefficient (Wildman–Crippen LogP) is 1.67. The molecule has 1 aromatic carbocycles. The van der Waals surface area contributed by atoms with E-state index in [0.29, 0.717) is 29.1 Å². The van der Waals surface area contributed by atoms with Crippen LogP contribution >= 0.6 is 0 Å². The number of benzene rings is 1. The number of sulfonamides is 1. The molecule has 7 heteroatoms. The molecule has 1 heterocycles. The summed E-state index contributed by atoms with van der Waals surface area (Å²) in [6.07, 6.45) is 2.30. The molecule has 0 aliphatic rings. The smallest absolute Gasteiger partial charge is 0.262 e. The van der Waals surface area contributed by atoms with Crippen LogP contribution in [0.15, 0.2) is 29.3 Å². The Bertz CT molecular complexity index is 735. The summed E-state index contributed by atoms with van der Waals surface area (Å²) in [5, 5.41) is 4.21. The van der Waals surface area contributed by atoms with Gasteiger partial charge in [-0.25, -0.2) is 8.42 Å². The minimum absolute atomic E-state index is 0.184. The Kier molecular flexibility index (Phi) is 3.71. The van der Waals surface area contributed by atoms with Gasteiger partial charge in [-0.05, 0) is 31.0 Å². The molecule has 1 aromatic heterocycles. The summed E-state index contributed by atoms with van der Waals surface area (Å²) in [7, 11) is -1.92. The lowest BCUT2D eigenvalue weighted by atomic mass is 10.2. The topological polar surface area (TPSA) is 90.0 Å². The van der Waals surface area contributed by atoms with Gasteiger partial charge in [-0.1, -0.05) is 13.0 Å². The van der Waals surface area contributed by atoms with Gasteiger partial charge in [0.2, 0.25) is 0 Å². The number of hydrogen-bond acceptors (Lipinski definition) is 4. The van der Waals surface area contributed by atoms with E-state index in [9.17, 15) is 8.42 Å². The highest BCUT2D eigenvalue weighted by Gasteiger charge is 2.19. The van der Waals surface area contributed by atoms with Crippen molar-refractivity contribution in [3.05, 3.63) is 35.7 Å². The molecule has 0 aliphatic heterocycles. The molecule has 2 rings (SSSR count). The van der Waals surface area contributed by atoms with Crippen LogP contribution in [-0.2, 0) is 23.5 Å². The van der Waals surface area contributed by atoms with Crippen molar-refractivity contribution in [3.63, 3.8) is 0 Å². The van der Waals surface area contributed by atoms with Crippen molar-refractivity contribution >= 4 is 21.4 Å². The van der Waals surface area contributed by atoms with Crippen LogP contribution in [0.5, 0.6) is 0 Å². The first-order valence-corrected chi connectivity index (χ1v) is 7.73. The number of nitrogen functional groups attached to an aromatic ring is 1. The van der Waals surface area contributed by atoms with Crippen molar-refractivity contribution in [1.82, 2.24) is 9.78 Å². The van der Waals surface area contributed by atoms with Gasteiger partial charge in [0.15, 0.2) is 0 Å². The summed E-state index contributed by atoms with van der Waals surface area (Å²) >= 11 is 0. The van der Waals surface area contributed by atoms with Crippen LogP contribution in [0, 0.1) is 6.92 Å². The largest absolute Gasteiger partial charge is 0.399 e. The maximum absolute atomic E-state index is 12.4. The second-order valence-corrected chi connectivity index (χ2v) is 6.30. The highest BCUT2D eigenvalue weighted by atomic mass is 32.2. The van der Waals surface area contributed by atoms with Gasteiger partial charge in [0, 0.05) is 18.9 Å². The SMILES string of the molecule is CCc1nn(C)cc1NS(=O)(=O)c1cc(N)ccc1C. The van der Waals surface area contributed by atoms with Crippen LogP contribution in [0.25, 0.3) is 0 Å². The molecule has 20 heavy (non-hydrogen) atoms. The van der Waals surface area contributed by atoms with Crippen LogP contribution in [0.1, 0.15) is 18.2 Å². The summed E-state index contributed by atoms with van der Waals surface area (Å²) in [6.45, 7) is 3.66. The third kappa shape index (κ3) is 2.77. The third-order valence-corrected chi connectivity index (χ3v) is 4.49. The monoisotopic (exact) mass is 294 g/mol. The normalized spacial score (nSPS) is 11.6. The van der Waals surface area contributed by atoms with E-state index >= 15 is 0 Å². The van der Waals surface area contributed by atoms with Crippen molar-refractivity contribution in [1.29, 1.82) is 0 Å². The molecular weight excluding hydrogens is 276 g/mol. The average Bonchev–Trinajstić information content (AvgIpc) is 2.71. The van der Waals surface area contributed by atoms with Gasteiger partial charge in [0.1, 0.15) is 0 Å². The lowest BCUT2D eigenvalue weighted by molar-refractivity contribution is 0.600. The summed E-state index contributed by atoms with van der Waals surface area (Å²) in [6, 6.07) is 4.82. The third-order valence-electron chi connectivity index (χ3n) is 2.99. The molecule has 0 saturated carbocycles. The van der Waals surface area contributed by atoms with Crippen molar-refractivity contribution in [2.75, 3.05) is 10.5 Å². The quantitative estimate of drug-likeness (QED) is 0.839. The lowest BCUT2D eigenvalue weighted by Crippen LogP contribution is -2.15. The van der Waals surface area contributed by atoms with Gasteiger partial charge >= 0.3 is 0 Å². The second-order valence-electron chi connectivity index (χ2n) is 4.65. The van der Waals surface area contributed by atoms with Crippen molar-refractivity contribution in [2.24, 2.45) is 7.05 Å². The molecule has 0 aliphatic carbocycles. The van der Waals surface area contributed by atoms with E-state index in [2.05, 4.69) is 9.82 Å². The fourth-order valence-corrected chi connectivity index (χ4v) is 3.34. The first-order chi connectivity index (χ1) is 9.33. The van der Waals surface area contributed by atoms with Gasteiger partial charge < -0.3 is 5.73 Å². The standard InChI is InChI=1S/C13H18N4O2S/c1-4-11-12(8-17(3)15-11)16-20(18,19)13-7-10(14)6-5-9(13)2/h5-8,16H,4,14H2,1-3H3. The number of aryl methyl sites for hydroxylation is 3. The molecule has 0 unspecified atom stereocenters. The second kappa shape index (κ2) is 5.16. The van der Waals surface area contributed by atoms with Crippen LogP contribution in [0.3, 0.4) is 0 Å². The van der Waals surface area contributed by atoms with Gasteiger partial charge in [0.25, 0.3) is 10.0 Å². The first-order valence-electron chi connectivity index (χ1n) is 6.25. The Balaban J connectivity index is 2.43. The van der Waals surface area contributed by atoms with E-state index in [4.69, 9.17) is 5.73 Å². The van der Waals surface area contributed by atoms with Crippen molar-refractivity contribution < 1.29 is 8.42 Å². The fraction of sp³-hybridized carbons (Fsp3) is 0.308. The molecular formula is C13H18N4O2S. The molecule has 0 spiro atoms. The molecule has 0 amide bonds. The van der Waals surface area contributed by atoms with E-state index in [1.165, 1.54) is 6.07 Å². The minimum atomic E-state index is -3.67. The molecule has 3 N–H and O–H groups in total. The Morgan fingerprint density at radius 3 is 2.75 bits per heavy atom. The zero-order valence-corrected chi connectivity index (χ0v) is 12.5. The maximum Gasteiger partial charge on any atom is 0.262 e. The Labute approximate surface area is 118 Å². The summed E-state index contributed by atoms with van der Waals surface area (Å²) < 4.78 is 29.1. The molecule has 0 bridgehead atoms. The zero-order chi connectivity index (χ0) is 14.9. The number of nitrogens with one attached hydrogen (secondary N) is 1. The van der Waals surface area contributed by atoms with Crippen LogP contribution in [0.4, 0.5) is 11.4 Å². The average molecular weight is 294 g/mol. The number of rotatable bonds is 4. The van der Waals surface area contributed by atoms with Crippen LogP contribution in [-0.4, -0.2) is 18.2 Å². The van der Waals surface area contributed by atoms with Gasteiger partial charge in [0.05, 0.1) is 16.3 Å². The maximum atomic E-state index is 12.4. The highest BCUT2D eigenvalue weighted by molar-refractivity contribution is 7.92. The number of nitrogens with two attached hydrogens (primary N) is 1. The van der Waals surface area contributed by atoms with E-state index < -0.39 is 10.0 Å². The van der Waals surface area contributed by atoms with Crippen molar-refractivity contribution in [3.8, 4) is 0 Å². The van der Waals surface area contributed by atoms with E-state index in [1.54, 1.807) is 37.0 Å². The van der Waals surface area contributed by atoms with E-state index in [0.717, 1.165) is 0 Å². The summed E-state index contributed by atoms with van der Waals surface area (Å²) in [5.41, 5.74) is 7.93. The number of nitrogens with zero attached hydrogens (tertiary/aromatic N) is 2. The molecule has 0 atom stereocenters. The fourth-order valence-electron chi connectivity index (χ4n) is 1.99. The van der Waals surface area contributed by atoms with Crippen molar-refractivity contribution in [2.45, 2.75) is 25.2 Å². The number of hydrogen-bond donors (Lipinski definition) is 2. The molecule has 108 valence electrons. The number of anilines is 2. The Morgan fingerprint density at radius 2 is 2.10 bits per heavy atom. The molecule has 0 radical (unpaired) electrons. The molecule has 6 nitrogen and oxygen atoms in total. The van der Waals surface area contributed by atoms with E-state index in [1.807, 2.05) is 6.92 Å². The highest BCUT2D eigenvalue weighted by Crippen LogP contribution is 2.23. The Hall–Kier alpha value is -2.02. The first kappa shape index (κ1) is 14.4. The molecule has 2 aromatic rings. The Morgan fingerprint density at radius 1 is 1.40 bits per heavy atom.